The van der Waals surface area contributed by atoms with Crippen LogP contribution >= 0.6 is 11.6 Å². The summed E-state index contributed by atoms with van der Waals surface area (Å²) in [6.45, 7) is 4.27. The number of ether oxygens (including phenoxy) is 3. The van der Waals surface area contributed by atoms with Crippen molar-refractivity contribution in [1.29, 1.82) is 0 Å². The molecule has 0 N–H and O–H groups in total. The number of benzene rings is 2. The molecule has 0 radical (unpaired) electrons. The number of aliphatic imine (C=N–C) groups is 1. The van der Waals surface area contributed by atoms with Crippen molar-refractivity contribution in [2.45, 2.75) is 19.4 Å². The van der Waals surface area contributed by atoms with E-state index in [1.165, 1.54) is 0 Å². The molecule has 0 amide bonds. The Morgan fingerprint density at radius 2 is 1.88 bits per heavy atom. The van der Waals surface area contributed by atoms with Gasteiger partial charge >= 0.3 is 0 Å². The van der Waals surface area contributed by atoms with Crippen LogP contribution in [0.4, 0.5) is 5.69 Å². The van der Waals surface area contributed by atoms with Gasteiger partial charge in [-0.15, -0.1) is 0 Å². The van der Waals surface area contributed by atoms with Crippen LogP contribution in [-0.4, -0.2) is 18.6 Å². The average molecular weight is 342 g/mol. The van der Waals surface area contributed by atoms with E-state index >= 15 is 0 Å². The normalized spacial score (nSPS) is 17.0. The molecule has 5 heteroatoms. The molecule has 24 heavy (non-hydrogen) atoms. The Balaban J connectivity index is 1.62. The van der Waals surface area contributed by atoms with Crippen LogP contribution in [0.25, 0.3) is 6.08 Å². The Kier molecular flexibility index (Phi) is 3.50. The molecule has 2 aliphatic rings. The Morgan fingerprint density at radius 3 is 2.71 bits per heavy atom. The van der Waals surface area contributed by atoms with Gasteiger partial charge in [-0.2, -0.15) is 0 Å². The minimum atomic E-state index is -0.310. The molecule has 2 aromatic rings. The monoisotopic (exact) mass is 341 g/mol. The zero-order valence-electron chi connectivity index (χ0n) is 13.4. The fraction of sp³-hybridized carbons (Fsp3) is 0.211. The van der Waals surface area contributed by atoms with E-state index in [1.54, 1.807) is 12.3 Å². The second-order valence-electron chi connectivity index (χ2n) is 6.25. The van der Waals surface area contributed by atoms with E-state index in [1.807, 2.05) is 44.2 Å². The summed E-state index contributed by atoms with van der Waals surface area (Å²) in [5, 5.41) is 0.571. The summed E-state index contributed by atoms with van der Waals surface area (Å²) in [4.78, 5) is 4.51. The lowest BCUT2D eigenvalue weighted by molar-refractivity contribution is 0.159. The molecule has 122 valence electrons. The summed E-state index contributed by atoms with van der Waals surface area (Å²) in [6.07, 6.45) is 5.83. The van der Waals surface area contributed by atoms with Gasteiger partial charge in [-0.25, -0.2) is 0 Å². The van der Waals surface area contributed by atoms with Crippen LogP contribution in [0.1, 0.15) is 25.0 Å². The second-order valence-corrected chi connectivity index (χ2v) is 6.65. The lowest BCUT2D eigenvalue weighted by atomic mass is 10.0. The molecule has 0 fully saturated rings. The van der Waals surface area contributed by atoms with Gasteiger partial charge in [-0.05, 0) is 38.1 Å². The molecular formula is C19H16ClNO3. The molecule has 4 rings (SSSR count). The average Bonchev–Trinajstić information content (AvgIpc) is 2.98. The first-order valence-electron chi connectivity index (χ1n) is 7.66. The van der Waals surface area contributed by atoms with Gasteiger partial charge < -0.3 is 14.2 Å². The van der Waals surface area contributed by atoms with Crippen LogP contribution in [-0.2, 0) is 0 Å². The molecule has 0 aromatic heterocycles. The lowest BCUT2D eigenvalue weighted by Crippen LogP contribution is -2.27. The third-order valence-electron chi connectivity index (χ3n) is 3.88. The highest BCUT2D eigenvalue weighted by atomic mass is 35.5. The molecule has 0 saturated carbocycles. The van der Waals surface area contributed by atoms with Gasteiger partial charge in [0.05, 0.1) is 10.7 Å². The predicted molar refractivity (Wildman–Crippen MR) is 95.0 cm³/mol. The van der Waals surface area contributed by atoms with Crippen LogP contribution in [0, 0.1) is 0 Å². The zero-order chi connectivity index (χ0) is 16.7. The van der Waals surface area contributed by atoms with Crippen LogP contribution in [0.3, 0.4) is 0 Å². The molecular weight excluding hydrogens is 326 g/mol. The minimum Gasteiger partial charge on any atom is -0.483 e. The minimum absolute atomic E-state index is 0.220. The van der Waals surface area contributed by atoms with E-state index < -0.39 is 0 Å². The van der Waals surface area contributed by atoms with E-state index in [0.29, 0.717) is 16.5 Å². The van der Waals surface area contributed by atoms with Crippen molar-refractivity contribution in [3.63, 3.8) is 0 Å². The lowest BCUT2D eigenvalue weighted by Gasteiger charge is -2.27. The first kappa shape index (κ1) is 15.1. The van der Waals surface area contributed by atoms with Crippen molar-refractivity contribution in [3.05, 3.63) is 52.6 Å². The highest BCUT2D eigenvalue weighted by Crippen LogP contribution is 2.37. The van der Waals surface area contributed by atoms with Gasteiger partial charge in [0.1, 0.15) is 11.4 Å². The molecule has 0 atom stereocenters. The van der Waals surface area contributed by atoms with Crippen molar-refractivity contribution in [2.24, 2.45) is 4.99 Å². The Hall–Kier alpha value is -2.46. The standard InChI is InChI=1S/C19H16ClNO3/c1-19(2)6-5-12-3-4-14(8-16(12)24-19)21-10-13-7-17-18(9-15(13)20)23-11-22-17/h3-10H,11H2,1-2H3. The Bertz CT molecular complexity index is 871. The first-order chi connectivity index (χ1) is 11.5. The molecule has 0 unspecified atom stereocenters. The molecule has 0 saturated heterocycles. The van der Waals surface area contributed by atoms with Crippen molar-refractivity contribution < 1.29 is 14.2 Å². The predicted octanol–water partition coefficient (Wildman–Crippen LogP) is 5.00. The van der Waals surface area contributed by atoms with Gasteiger partial charge in [-0.3, -0.25) is 4.99 Å². The van der Waals surface area contributed by atoms with E-state index in [-0.39, 0.29) is 12.4 Å². The molecule has 4 nitrogen and oxygen atoms in total. The molecule has 2 aliphatic heterocycles. The van der Waals surface area contributed by atoms with Crippen LogP contribution in [0.5, 0.6) is 17.2 Å². The van der Waals surface area contributed by atoms with Crippen molar-refractivity contribution in [1.82, 2.24) is 0 Å². The summed E-state index contributed by atoms with van der Waals surface area (Å²) in [5.41, 5.74) is 2.32. The fourth-order valence-corrected chi connectivity index (χ4v) is 2.82. The maximum atomic E-state index is 6.27. The summed E-state index contributed by atoms with van der Waals surface area (Å²) >= 11 is 6.27. The van der Waals surface area contributed by atoms with Gasteiger partial charge in [0, 0.05) is 29.5 Å². The number of rotatable bonds is 2. The molecule has 0 bridgehead atoms. The first-order valence-corrected chi connectivity index (χ1v) is 8.03. The van der Waals surface area contributed by atoms with E-state index in [4.69, 9.17) is 25.8 Å². The van der Waals surface area contributed by atoms with Crippen LogP contribution in [0.2, 0.25) is 5.02 Å². The van der Waals surface area contributed by atoms with Gasteiger partial charge in [0.15, 0.2) is 11.5 Å². The van der Waals surface area contributed by atoms with Crippen LogP contribution in [0.15, 0.2) is 41.4 Å². The molecule has 2 heterocycles. The number of fused-ring (bicyclic) bond motifs is 2. The SMILES string of the molecule is CC1(C)C=Cc2ccc(N=Cc3cc4c(cc3Cl)OCO4)cc2O1. The third-order valence-corrected chi connectivity index (χ3v) is 4.21. The van der Waals surface area contributed by atoms with Gasteiger partial charge in [0.2, 0.25) is 6.79 Å². The number of hydrogen-bond acceptors (Lipinski definition) is 4. The Morgan fingerprint density at radius 1 is 1.08 bits per heavy atom. The van der Waals surface area contributed by atoms with Crippen LogP contribution < -0.4 is 14.2 Å². The van der Waals surface area contributed by atoms with Crippen molar-refractivity contribution in [2.75, 3.05) is 6.79 Å². The van der Waals surface area contributed by atoms with E-state index in [9.17, 15) is 0 Å². The molecule has 0 spiro atoms. The largest absolute Gasteiger partial charge is 0.483 e. The van der Waals surface area contributed by atoms with Gasteiger partial charge in [0.25, 0.3) is 0 Å². The highest BCUT2D eigenvalue weighted by molar-refractivity contribution is 6.33. The topological polar surface area (TPSA) is 40.0 Å². The fourth-order valence-electron chi connectivity index (χ4n) is 2.61. The number of halogens is 1. The highest BCUT2D eigenvalue weighted by Gasteiger charge is 2.21. The molecule has 2 aromatic carbocycles. The van der Waals surface area contributed by atoms with Crippen molar-refractivity contribution in [3.8, 4) is 17.2 Å². The third kappa shape index (κ3) is 2.85. The smallest absolute Gasteiger partial charge is 0.231 e. The summed E-state index contributed by atoms with van der Waals surface area (Å²) < 4.78 is 16.7. The number of nitrogens with zero attached hydrogens (tertiary/aromatic N) is 1. The van der Waals surface area contributed by atoms with Gasteiger partial charge in [-0.1, -0.05) is 17.7 Å². The summed E-state index contributed by atoms with van der Waals surface area (Å²) in [5.74, 6) is 2.17. The second kappa shape index (κ2) is 5.56. The zero-order valence-corrected chi connectivity index (χ0v) is 14.1. The van der Waals surface area contributed by atoms with E-state index in [2.05, 4.69) is 11.1 Å². The maximum Gasteiger partial charge on any atom is 0.231 e. The summed E-state index contributed by atoms with van der Waals surface area (Å²) in [6, 6.07) is 9.44. The quantitative estimate of drug-likeness (QED) is 0.721. The maximum absolute atomic E-state index is 6.27. The van der Waals surface area contributed by atoms with Crippen molar-refractivity contribution >= 4 is 29.6 Å². The van der Waals surface area contributed by atoms with E-state index in [0.717, 1.165) is 22.6 Å². The molecule has 0 aliphatic carbocycles. The Labute approximate surface area is 145 Å². The summed E-state index contributed by atoms with van der Waals surface area (Å²) in [7, 11) is 0. The number of hydrogen-bond donors (Lipinski definition) is 0.